The molecule has 0 saturated carbocycles. The monoisotopic (exact) mass is 188 g/mol. The molecule has 0 N–H and O–H groups in total. The van der Waals surface area contributed by atoms with E-state index in [0.717, 1.165) is 0 Å². The van der Waals surface area contributed by atoms with Crippen molar-refractivity contribution in [2.24, 2.45) is 0 Å². The topological polar surface area (TPSA) is 47.3 Å². The Hall–Kier alpha value is -0.757. The van der Waals surface area contributed by atoms with Crippen LogP contribution in [0.4, 0.5) is 0 Å². The van der Waals surface area contributed by atoms with Crippen LogP contribution in [0.2, 0.25) is 0 Å². The molecule has 0 amide bonds. The summed E-state index contributed by atoms with van der Waals surface area (Å²) >= 11 is 0. The second-order valence-corrected chi connectivity index (χ2v) is 1.48. The molecule has 48 valence electrons. The van der Waals surface area contributed by atoms with Crippen LogP contribution < -0.4 is 0 Å². The van der Waals surface area contributed by atoms with E-state index < -0.39 is 0 Å². The summed E-state index contributed by atoms with van der Waals surface area (Å²) in [5.41, 5.74) is 0. The van der Waals surface area contributed by atoms with Gasteiger partial charge in [-0.3, -0.25) is 9.59 Å². The maximum absolute atomic E-state index is 9.93. The van der Waals surface area contributed by atoms with Crippen molar-refractivity contribution in [2.45, 2.75) is 0 Å². The molecular formula is C6H4O3Zn. The van der Waals surface area contributed by atoms with E-state index in [0.29, 0.717) is 12.6 Å². The standard InChI is InChI=1S/C6H4O3.Zn/c7-3-5-1-2-6(4-8)9-5;/h1-4H;. The van der Waals surface area contributed by atoms with Gasteiger partial charge in [0.25, 0.3) is 0 Å². The van der Waals surface area contributed by atoms with E-state index in [-0.39, 0.29) is 31.0 Å². The zero-order valence-corrected chi connectivity index (χ0v) is 8.21. The molecule has 0 aliphatic rings. The molecule has 1 aromatic rings. The first kappa shape index (κ1) is 9.24. The van der Waals surface area contributed by atoms with Crippen LogP contribution in [0, 0.1) is 0 Å². The first-order chi connectivity index (χ1) is 4.36. The van der Waals surface area contributed by atoms with Gasteiger partial charge in [0.2, 0.25) is 0 Å². The Labute approximate surface area is 70.2 Å². The summed E-state index contributed by atoms with van der Waals surface area (Å²) < 4.78 is 4.65. The van der Waals surface area contributed by atoms with Gasteiger partial charge in [0.05, 0.1) is 0 Å². The van der Waals surface area contributed by atoms with Crippen molar-refractivity contribution >= 4 is 12.6 Å². The molecule has 0 bridgehead atoms. The smallest absolute Gasteiger partial charge is 0.185 e. The first-order valence-corrected chi connectivity index (χ1v) is 2.37. The summed E-state index contributed by atoms with van der Waals surface area (Å²) in [5, 5.41) is 0. The number of carbonyl (C=O) groups excluding carboxylic acids is 2. The van der Waals surface area contributed by atoms with Crippen LogP contribution in [-0.4, -0.2) is 12.6 Å². The van der Waals surface area contributed by atoms with Gasteiger partial charge in [-0.25, -0.2) is 0 Å². The molecule has 0 aliphatic heterocycles. The summed E-state index contributed by atoms with van der Waals surface area (Å²) in [6.07, 6.45) is 1.10. The molecule has 1 aromatic heterocycles. The Bertz CT molecular complexity index is 206. The quantitative estimate of drug-likeness (QED) is 0.513. The summed E-state index contributed by atoms with van der Waals surface area (Å²) in [6, 6.07) is 2.88. The maximum Gasteiger partial charge on any atom is 0.185 e. The predicted molar refractivity (Wildman–Crippen MR) is 29.5 cm³/mol. The SMILES string of the molecule is O=Cc1ccc(C=O)o1.[Zn]. The summed E-state index contributed by atoms with van der Waals surface area (Å²) in [5.74, 6) is 0.356. The van der Waals surface area contributed by atoms with Crippen molar-refractivity contribution in [2.75, 3.05) is 0 Å². The van der Waals surface area contributed by atoms with E-state index in [4.69, 9.17) is 0 Å². The average molecular weight is 189 g/mol. The fraction of sp³-hybridized carbons (Fsp3) is 0. The van der Waals surface area contributed by atoms with Crippen molar-refractivity contribution in [3.63, 3.8) is 0 Å². The van der Waals surface area contributed by atoms with E-state index in [9.17, 15) is 9.59 Å². The molecular weight excluding hydrogens is 185 g/mol. The van der Waals surface area contributed by atoms with Crippen LogP contribution in [0.25, 0.3) is 0 Å². The zero-order chi connectivity index (χ0) is 6.69. The first-order valence-electron chi connectivity index (χ1n) is 2.37. The van der Waals surface area contributed by atoms with Crippen LogP contribution in [0.1, 0.15) is 21.1 Å². The van der Waals surface area contributed by atoms with Crippen LogP contribution in [-0.2, 0) is 19.5 Å². The third-order valence-electron chi connectivity index (χ3n) is 0.880. The normalized spacial score (nSPS) is 8.00. The number of hydrogen-bond acceptors (Lipinski definition) is 3. The zero-order valence-electron chi connectivity index (χ0n) is 5.24. The molecule has 1 heterocycles. The molecule has 0 aromatic carbocycles. The van der Waals surface area contributed by atoms with Crippen LogP contribution in [0.15, 0.2) is 16.5 Å². The fourth-order valence-corrected chi connectivity index (χ4v) is 0.495. The van der Waals surface area contributed by atoms with Gasteiger partial charge in [0.1, 0.15) is 0 Å². The van der Waals surface area contributed by atoms with Crippen molar-refractivity contribution in [1.82, 2.24) is 0 Å². The minimum Gasteiger partial charge on any atom is -0.450 e. The van der Waals surface area contributed by atoms with E-state index in [2.05, 4.69) is 4.42 Å². The van der Waals surface area contributed by atoms with Crippen LogP contribution in [0.5, 0.6) is 0 Å². The summed E-state index contributed by atoms with van der Waals surface area (Å²) in [6.45, 7) is 0. The van der Waals surface area contributed by atoms with E-state index in [1.165, 1.54) is 12.1 Å². The molecule has 0 fully saturated rings. The Morgan fingerprint density at radius 1 is 1.10 bits per heavy atom. The molecule has 0 saturated heterocycles. The predicted octanol–water partition coefficient (Wildman–Crippen LogP) is 0.902. The fourth-order valence-electron chi connectivity index (χ4n) is 0.495. The van der Waals surface area contributed by atoms with Crippen molar-refractivity contribution < 1.29 is 33.5 Å². The Morgan fingerprint density at radius 3 is 1.70 bits per heavy atom. The molecule has 1 rings (SSSR count). The minimum atomic E-state index is 0. The van der Waals surface area contributed by atoms with Crippen LogP contribution in [0.3, 0.4) is 0 Å². The van der Waals surface area contributed by atoms with Crippen LogP contribution >= 0.6 is 0 Å². The molecule has 0 unspecified atom stereocenters. The number of rotatable bonds is 2. The second-order valence-electron chi connectivity index (χ2n) is 1.48. The van der Waals surface area contributed by atoms with E-state index >= 15 is 0 Å². The van der Waals surface area contributed by atoms with Gasteiger partial charge in [-0.05, 0) is 12.1 Å². The summed E-state index contributed by atoms with van der Waals surface area (Å²) in [4.78, 5) is 19.9. The van der Waals surface area contributed by atoms with Crippen molar-refractivity contribution in [3.05, 3.63) is 23.7 Å². The van der Waals surface area contributed by atoms with Gasteiger partial charge < -0.3 is 4.42 Å². The molecule has 10 heavy (non-hydrogen) atoms. The molecule has 0 spiro atoms. The third-order valence-corrected chi connectivity index (χ3v) is 0.880. The molecule has 4 heteroatoms. The minimum absolute atomic E-state index is 0. The van der Waals surface area contributed by atoms with Crippen molar-refractivity contribution in [1.29, 1.82) is 0 Å². The number of aldehydes is 2. The van der Waals surface area contributed by atoms with E-state index in [1.807, 2.05) is 0 Å². The average Bonchev–Trinajstić information content (AvgIpc) is 2.34. The number of furan rings is 1. The van der Waals surface area contributed by atoms with Crippen molar-refractivity contribution in [3.8, 4) is 0 Å². The number of hydrogen-bond donors (Lipinski definition) is 0. The molecule has 0 radical (unpaired) electrons. The third kappa shape index (κ3) is 1.88. The Kier molecular flexibility index (Phi) is 3.81. The molecule has 0 aliphatic carbocycles. The van der Waals surface area contributed by atoms with Gasteiger partial charge in [-0.15, -0.1) is 0 Å². The van der Waals surface area contributed by atoms with Gasteiger partial charge in [-0.2, -0.15) is 0 Å². The molecule has 0 atom stereocenters. The maximum atomic E-state index is 9.93. The summed E-state index contributed by atoms with van der Waals surface area (Å²) in [7, 11) is 0. The van der Waals surface area contributed by atoms with Gasteiger partial charge >= 0.3 is 0 Å². The molecule has 3 nitrogen and oxygen atoms in total. The Morgan fingerprint density at radius 2 is 1.50 bits per heavy atom. The van der Waals surface area contributed by atoms with Gasteiger partial charge in [-0.1, -0.05) is 0 Å². The number of carbonyl (C=O) groups is 2. The van der Waals surface area contributed by atoms with E-state index in [1.54, 1.807) is 0 Å². The second kappa shape index (κ2) is 4.12. The Balaban J connectivity index is 0.000000810. The van der Waals surface area contributed by atoms with Gasteiger partial charge in [0, 0.05) is 19.5 Å². The van der Waals surface area contributed by atoms with Gasteiger partial charge in [0.15, 0.2) is 24.1 Å². The largest absolute Gasteiger partial charge is 0.450 e.